The second-order valence-electron chi connectivity index (χ2n) is 9.47. The summed E-state index contributed by atoms with van der Waals surface area (Å²) in [5.41, 5.74) is 0.347. The summed E-state index contributed by atoms with van der Waals surface area (Å²) < 4.78 is 6.68. The SMILES string of the molecule is CC(=O)c1cc(C(=O)O[C@H](C)C(=O)NC(=O)NC23CC4CC(CC(C4)C2)C3)n(C)c1. The zero-order valence-electron chi connectivity index (χ0n) is 17.7. The highest BCUT2D eigenvalue weighted by atomic mass is 16.5. The lowest BCUT2D eigenvalue weighted by Crippen LogP contribution is -2.62. The third-order valence-electron chi connectivity index (χ3n) is 6.93. The first kappa shape index (κ1) is 20.6. The largest absolute Gasteiger partial charge is 0.448 e. The van der Waals surface area contributed by atoms with Crippen molar-refractivity contribution in [3.8, 4) is 0 Å². The van der Waals surface area contributed by atoms with Crippen molar-refractivity contribution in [2.45, 2.75) is 64.0 Å². The zero-order chi connectivity index (χ0) is 21.6. The molecule has 4 fully saturated rings. The Morgan fingerprint density at radius 3 is 2.17 bits per heavy atom. The van der Waals surface area contributed by atoms with E-state index in [4.69, 9.17) is 4.74 Å². The molecule has 30 heavy (non-hydrogen) atoms. The van der Waals surface area contributed by atoms with Crippen LogP contribution in [0.15, 0.2) is 12.3 Å². The van der Waals surface area contributed by atoms with Crippen LogP contribution in [0, 0.1) is 17.8 Å². The van der Waals surface area contributed by atoms with E-state index in [9.17, 15) is 19.2 Å². The number of carbonyl (C=O) groups excluding carboxylic acids is 4. The second kappa shape index (κ2) is 7.56. The average molecular weight is 415 g/mol. The molecular formula is C22H29N3O5. The molecule has 8 heteroatoms. The van der Waals surface area contributed by atoms with Crippen LogP contribution in [0.5, 0.6) is 0 Å². The van der Waals surface area contributed by atoms with Crippen LogP contribution < -0.4 is 10.6 Å². The molecule has 0 spiro atoms. The molecule has 4 saturated carbocycles. The van der Waals surface area contributed by atoms with Gasteiger partial charge in [-0.05, 0) is 76.2 Å². The van der Waals surface area contributed by atoms with Gasteiger partial charge in [0.2, 0.25) is 0 Å². The van der Waals surface area contributed by atoms with Crippen LogP contribution in [0.2, 0.25) is 0 Å². The van der Waals surface area contributed by atoms with Crippen LogP contribution >= 0.6 is 0 Å². The van der Waals surface area contributed by atoms with Gasteiger partial charge in [-0.1, -0.05) is 0 Å². The first-order valence-electron chi connectivity index (χ1n) is 10.7. The van der Waals surface area contributed by atoms with Crippen molar-refractivity contribution in [3.05, 3.63) is 23.5 Å². The molecule has 0 unspecified atom stereocenters. The number of esters is 1. The number of hydrogen-bond donors (Lipinski definition) is 2. The highest BCUT2D eigenvalue weighted by Gasteiger charge is 2.51. The van der Waals surface area contributed by atoms with Crippen molar-refractivity contribution in [2.75, 3.05) is 0 Å². The number of carbonyl (C=O) groups is 4. The van der Waals surface area contributed by atoms with Gasteiger partial charge in [0.1, 0.15) is 5.69 Å². The molecule has 1 atom stereocenters. The van der Waals surface area contributed by atoms with Gasteiger partial charge >= 0.3 is 12.0 Å². The Labute approximate surface area is 175 Å². The molecule has 3 amide bonds. The molecule has 0 saturated heterocycles. The Morgan fingerprint density at radius 2 is 1.67 bits per heavy atom. The molecule has 8 nitrogen and oxygen atoms in total. The monoisotopic (exact) mass is 415 g/mol. The van der Waals surface area contributed by atoms with E-state index in [1.165, 1.54) is 49.9 Å². The number of Topliss-reactive ketones (excluding diaryl/α,β-unsaturated/α-hetero) is 1. The van der Waals surface area contributed by atoms with Gasteiger partial charge in [0, 0.05) is 24.3 Å². The summed E-state index contributed by atoms with van der Waals surface area (Å²) in [7, 11) is 1.62. The second-order valence-corrected chi connectivity index (χ2v) is 9.47. The third-order valence-corrected chi connectivity index (χ3v) is 6.93. The van der Waals surface area contributed by atoms with Crippen LogP contribution in [-0.2, 0) is 16.6 Å². The minimum Gasteiger partial charge on any atom is -0.448 e. The third kappa shape index (κ3) is 4.00. The Kier molecular flexibility index (Phi) is 5.20. The van der Waals surface area contributed by atoms with Gasteiger partial charge in [0.05, 0.1) is 0 Å². The normalized spacial score (nSPS) is 29.9. The van der Waals surface area contributed by atoms with E-state index in [1.54, 1.807) is 7.05 Å². The number of ether oxygens (including phenoxy) is 1. The molecule has 2 N–H and O–H groups in total. The Balaban J connectivity index is 1.32. The summed E-state index contributed by atoms with van der Waals surface area (Å²) in [6.45, 7) is 2.82. The average Bonchev–Trinajstić information content (AvgIpc) is 3.02. The summed E-state index contributed by atoms with van der Waals surface area (Å²) in [5, 5.41) is 5.39. The summed E-state index contributed by atoms with van der Waals surface area (Å²) in [5.74, 6) is 0.462. The number of urea groups is 1. The smallest absolute Gasteiger partial charge is 0.355 e. The van der Waals surface area contributed by atoms with Crippen molar-refractivity contribution in [1.82, 2.24) is 15.2 Å². The van der Waals surface area contributed by atoms with Gasteiger partial charge in [0.25, 0.3) is 5.91 Å². The first-order valence-corrected chi connectivity index (χ1v) is 10.7. The summed E-state index contributed by atoms with van der Waals surface area (Å²) >= 11 is 0. The van der Waals surface area contributed by atoms with E-state index in [0.29, 0.717) is 23.3 Å². The topological polar surface area (TPSA) is 106 Å². The number of ketones is 1. The molecule has 5 rings (SSSR count). The van der Waals surface area contributed by atoms with Crippen molar-refractivity contribution < 1.29 is 23.9 Å². The number of aryl methyl sites for hydroxylation is 1. The van der Waals surface area contributed by atoms with E-state index >= 15 is 0 Å². The number of imide groups is 1. The predicted molar refractivity (Wildman–Crippen MR) is 108 cm³/mol. The van der Waals surface area contributed by atoms with Crippen LogP contribution in [0.4, 0.5) is 4.79 Å². The lowest BCUT2D eigenvalue weighted by molar-refractivity contribution is -0.128. The minimum absolute atomic E-state index is 0.165. The number of amides is 3. The first-order chi connectivity index (χ1) is 14.1. The predicted octanol–water partition coefficient (Wildman–Crippen LogP) is 2.57. The fourth-order valence-electron chi connectivity index (χ4n) is 5.98. The highest BCUT2D eigenvalue weighted by Crippen LogP contribution is 2.55. The van der Waals surface area contributed by atoms with E-state index in [-0.39, 0.29) is 17.0 Å². The van der Waals surface area contributed by atoms with Crippen LogP contribution in [0.1, 0.15) is 73.2 Å². The highest BCUT2D eigenvalue weighted by molar-refractivity contribution is 6.00. The standard InChI is InChI=1S/C22H29N3O5/c1-12(26)17-7-18(25(3)11-17)20(28)30-13(2)19(27)23-21(29)24-22-8-14-4-15(9-22)6-16(5-14)10-22/h7,11,13-16H,4-6,8-10H2,1-3H3,(H2,23,24,27,29)/t13-,14?,15?,16?,22?/m1/s1. The minimum atomic E-state index is -1.14. The zero-order valence-corrected chi connectivity index (χ0v) is 17.7. The van der Waals surface area contributed by atoms with E-state index in [0.717, 1.165) is 19.3 Å². The van der Waals surface area contributed by atoms with Crippen molar-refractivity contribution >= 4 is 23.7 Å². The van der Waals surface area contributed by atoms with Gasteiger partial charge in [-0.15, -0.1) is 0 Å². The lowest BCUT2D eigenvalue weighted by atomic mass is 9.53. The Bertz CT molecular complexity index is 867. The number of hydrogen-bond acceptors (Lipinski definition) is 5. The molecule has 0 aliphatic heterocycles. The Hall–Kier alpha value is -2.64. The summed E-state index contributed by atoms with van der Waals surface area (Å²) in [6.07, 6.45) is 7.13. The van der Waals surface area contributed by atoms with E-state index in [2.05, 4.69) is 10.6 Å². The van der Waals surface area contributed by atoms with Gasteiger partial charge < -0.3 is 14.6 Å². The molecule has 1 aromatic heterocycles. The maximum absolute atomic E-state index is 12.5. The molecule has 0 radical (unpaired) electrons. The van der Waals surface area contributed by atoms with Crippen molar-refractivity contribution in [2.24, 2.45) is 24.8 Å². The van der Waals surface area contributed by atoms with Crippen molar-refractivity contribution in [3.63, 3.8) is 0 Å². The van der Waals surface area contributed by atoms with Crippen LogP contribution in [0.3, 0.4) is 0 Å². The van der Waals surface area contributed by atoms with E-state index in [1.807, 2.05) is 0 Å². The van der Waals surface area contributed by atoms with Gasteiger partial charge in [-0.3, -0.25) is 14.9 Å². The van der Waals surface area contributed by atoms with Gasteiger partial charge in [0.15, 0.2) is 11.9 Å². The molecule has 1 aromatic rings. The van der Waals surface area contributed by atoms with E-state index < -0.39 is 24.0 Å². The summed E-state index contributed by atoms with van der Waals surface area (Å²) in [4.78, 5) is 48.7. The Morgan fingerprint density at radius 1 is 1.10 bits per heavy atom. The molecule has 4 bridgehead atoms. The molecule has 4 aliphatic carbocycles. The fraction of sp³-hybridized carbons (Fsp3) is 0.636. The van der Waals surface area contributed by atoms with Crippen LogP contribution in [-0.4, -0.2) is 39.9 Å². The van der Waals surface area contributed by atoms with Gasteiger partial charge in [-0.2, -0.15) is 0 Å². The number of aromatic nitrogens is 1. The molecule has 4 aliphatic rings. The lowest BCUT2D eigenvalue weighted by Gasteiger charge is -2.56. The number of rotatable bonds is 5. The molecule has 162 valence electrons. The number of nitrogens with zero attached hydrogens (tertiary/aromatic N) is 1. The van der Waals surface area contributed by atoms with Crippen molar-refractivity contribution in [1.29, 1.82) is 0 Å². The van der Waals surface area contributed by atoms with Crippen LogP contribution in [0.25, 0.3) is 0 Å². The quantitative estimate of drug-likeness (QED) is 0.568. The summed E-state index contributed by atoms with van der Waals surface area (Å²) in [6, 6.07) is 0.900. The molecule has 1 heterocycles. The maximum Gasteiger partial charge on any atom is 0.355 e. The van der Waals surface area contributed by atoms with Gasteiger partial charge in [-0.25, -0.2) is 9.59 Å². The molecule has 0 aromatic carbocycles. The maximum atomic E-state index is 12.5. The fourth-order valence-corrected chi connectivity index (χ4v) is 5.98. The number of nitrogens with one attached hydrogen (secondary N) is 2. The molecular weight excluding hydrogens is 386 g/mol.